The Kier molecular flexibility index (Phi) is 5.41. The summed E-state index contributed by atoms with van der Waals surface area (Å²) >= 11 is 0. The van der Waals surface area contributed by atoms with Gasteiger partial charge in [-0.3, -0.25) is 4.79 Å². The molecule has 0 spiro atoms. The van der Waals surface area contributed by atoms with Crippen LogP contribution in [0.15, 0.2) is 24.3 Å². The van der Waals surface area contributed by atoms with E-state index in [1.807, 2.05) is 17.0 Å². The molecule has 1 aromatic rings. The van der Waals surface area contributed by atoms with Gasteiger partial charge < -0.3 is 20.4 Å². The lowest BCUT2D eigenvalue weighted by molar-refractivity contribution is 0.0743. The third-order valence-electron chi connectivity index (χ3n) is 5.55. The molecule has 2 fully saturated rings. The predicted octanol–water partition coefficient (Wildman–Crippen LogP) is 1.64. The van der Waals surface area contributed by atoms with Crippen molar-refractivity contribution >= 4 is 11.6 Å². The normalized spacial score (nSPS) is 25.3. The van der Waals surface area contributed by atoms with Gasteiger partial charge in [0.15, 0.2) is 0 Å². The zero-order chi connectivity index (χ0) is 17.1. The number of nitrogens with zero attached hydrogens (tertiary/aromatic N) is 3. The van der Waals surface area contributed by atoms with Crippen LogP contribution >= 0.6 is 0 Å². The van der Waals surface area contributed by atoms with Gasteiger partial charge in [0.25, 0.3) is 5.91 Å². The zero-order valence-electron chi connectivity index (χ0n) is 14.9. The fourth-order valence-electron chi connectivity index (χ4n) is 3.90. The summed E-state index contributed by atoms with van der Waals surface area (Å²) in [6.07, 6.45) is 1.02. The number of likely N-dealkylation sites (tertiary alicyclic amines) is 1. The van der Waals surface area contributed by atoms with Gasteiger partial charge in [-0.1, -0.05) is 6.92 Å². The van der Waals surface area contributed by atoms with Gasteiger partial charge in [-0.15, -0.1) is 0 Å². The van der Waals surface area contributed by atoms with E-state index < -0.39 is 0 Å². The van der Waals surface area contributed by atoms with Gasteiger partial charge in [0, 0.05) is 50.0 Å². The molecule has 2 N–H and O–H groups in total. The van der Waals surface area contributed by atoms with Crippen molar-refractivity contribution in [2.24, 2.45) is 11.7 Å². The molecule has 0 saturated carbocycles. The maximum absolute atomic E-state index is 12.8. The van der Waals surface area contributed by atoms with Crippen LogP contribution in [0.1, 0.15) is 30.6 Å². The monoisotopic (exact) mass is 330 g/mol. The minimum Gasteiger partial charge on any atom is -0.369 e. The minimum absolute atomic E-state index is 0.140. The molecule has 0 aliphatic carbocycles. The lowest BCUT2D eigenvalue weighted by Crippen LogP contribution is -2.46. The minimum atomic E-state index is 0.140. The number of carbonyl (C=O) groups excluding carboxylic acids is 1. The topological polar surface area (TPSA) is 52.8 Å². The largest absolute Gasteiger partial charge is 0.369 e. The van der Waals surface area contributed by atoms with Gasteiger partial charge in [-0.25, -0.2) is 0 Å². The van der Waals surface area contributed by atoms with E-state index in [0.29, 0.717) is 12.5 Å². The Balaban J connectivity index is 1.63. The fourth-order valence-corrected chi connectivity index (χ4v) is 3.90. The number of rotatable bonds is 4. The van der Waals surface area contributed by atoms with E-state index in [0.717, 1.165) is 51.3 Å². The highest BCUT2D eigenvalue weighted by Crippen LogP contribution is 2.25. The first-order valence-corrected chi connectivity index (χ1v) is 9.20. The maximum atomic E-state index is 12.8. The Bertz CT molecular complexity index is 551. The molecule has 132 valence electrons. The van der Waals surface area contributed by atoms with Crippen molar-refractivity contribution in [1.82, 2.24) is 9.80 Å². The second kappa shape index (κ2) is 7.53. The molecule has 2 saturated heterocycles. The molecular weight excluding hydrogens is 300 g/mol. The van der Waals surface area contributed by atoms with Gasteiger partial charge in [-0.2, -0.15) is 0 Å². The van der Waals surface area contributed by atoms with Crippen LogP contribution in [0, 0.1) is 5.92 Å². The van der Waals surface area contributed by atoms with E-state index in [1.165, 1.54) is 5.69 Å². The molecule has 2 atom stereocenters. The summed E-state index contributed by atoms with van der Waals surface area (Å²) in [7, 11) is 0. The molecule has 1 amide bonds. The highest BCUT2D eigenvalue weighted by atomic mass is 16.2. The first-order chi connectivity index (χ1) is 11.6. The summed E-state index contributed by atoms with van der Waals surface area (Å²) in [6.45, 7) is 11.3. The van der Waals surface area contributed by atoms with Crippen LogP contribution in [0.4, 0.5) is 5.69 Å². The lowest BCUT2D eigenvalue weighted by atomic mass is 10.1. The zero-order valence-corrected chi connectivity index (χ0v) is 14.9. The van der Waals surface area contributed by atoms with Gasteiger partial charge in [0.2, 0.25) is 0 Å². The summed E-state index contributed by atoms with van der Waals surface area (Å²) < 4.78 is 0. The second-order valence-electron chi connectivity index (χ2n) is 7.11. The molecular formula is C19H30N4O. The Morgan fingerprint density at radius 2 is 1.83 bits per heavy atom. The third kappa shape index (κ3) is 3.57. The van der Waals surface area contributed by atoms with Gasteiger partial charge in [-0.05, 0) is 56.6 Å². The van der Waals surface area contributed by atoms with Crippen molar-refractivity contribution in [1.29, 1.82) is 0 Å². The van der Waals surface area contributed by atoms with Crippen LogP contribution < -0.4 is 10.6 Å². The summed E-state index contributed by atoms with van der Waals surface area (Å²) in [5.41, 5.74) is 7.78. The highest BCUT2D eigenvalue weighted by Gasteiger charge is 2.32. The summed E-state index contributed by atoms with van der Waals surface area (Å²) in [5, 5.41) is 0. The molecule has 2 aliphatic heterocycles. The van der Waals surface area contributed by atoms with Gasteiger partial charge in [0.1, 0.15) is 0 Å². The number of likely N-dealkylation sites (N-methyl/N-ethyl adjacent to an activating group) is 1. The predicted molar refractivity (Wildman–Crippen MR) is 98.4 cm³/mol. The smallest absolute Gasteiger partial charge is 0.254 e. The number of nitrogens with two attached hydrogens (primary N) is 1. The van der Waals surface area contributed by atoms with Crippen molar-refractivity contribution in [2.75, 3.05) is 50.7 Å². The molecule has 2 heterocycles. The van der Waals surface area contributed by atoms with Crippen molar-refractivity contribution in [3.63, 3.8) is 0 Å². The van der Waals surface area contributed by atoms with Gasteiger partial charge >= 0.3 is 0 Å². The van der Waals surface area contributed by atoms with E-state index >= 15 is 0 Å². The third-order valence-corrected chi connectivity index (χ3v) is 5.55. The van der Waals surface area contributed by atoms with Crippen LogP contribution in [-0.4, -0.2) is 67.6 Å². The van der Waals surface area contributed by atoms with Crippen molar-refractivity contribution in [2.45, 2.75) is 26.3 Å². The Hall–Kier alpha value is -1.59. The number of hydrogen-bond donors (Lipinski definition) is 1. The average Bonchev–Trinajstić information content (AvgIpc) is 3.02. The molecule has 2 unspecified atom stereocenters. The Morgan fingerprint density at radius 1 is 1.17 bits per heavy atom. The SMILES string of the molecule is CCN1CCN(c2ccc(C(=O)N3CC(CN)CC3C)cc2)CC1. The van der Waals surface area contributed by atoms with E-state index in [2.05, 4.69) is 35.8 Å². The molecule has 2 aliphatic rings. The summed E-state index contributed by atoms with van der Waals surface area (Å²) in [6, 6.07) is 8.43. The molecule has 0 radical (unpaired) electrons. The van der Waals surface area contributed by atoms with E-state index in [4.69, 9.17) is 5.73 Å². The van der Waals surface area contributed by atoms with Gasteiger partial charge in [0.05, 0.1) is 0 Å². The van der Waals surface area contributed by atoms with Crippen LogP contribution in [-0.2, 0) is 0 Å². The van der Waals surface area contributed by atoms with E-state index in [1.54, 1.807) is 0 Å². The standard InChI is InChI=1S/C19H30N4O/c1-3-21-8-10-22(11-9-21)18-6-4-17(5-7-18)19(24)23-14-16(13-20)12-15(23)2/h4-7,15-16H,3,8-14,20H2,1-2H3. The Morgan fingerprint density at radius 3 is 2.38 bits per heavy atom. The number of anilines is 1. The number of carbonyl (C=O) groups is 1. The van der Waals surface area contributed by atoms with Crippen LogP contribution in [0.25, 0.3) is 0 Å². The fraction of sp³-hybridized carbons (Fsp3) is 0.632. The van der Waals surface area contributed by atoms with Crippen LogP contribution in [0.5, 0.6) is 0 Å². The van der Waals surface area contributed by atoms with E-state index in [9.17, 15) is 4.79 Å². The van der Waals surface area contributed by atoms with E-state index in [-0.39, 0.29) is 11.9 Å². The number of hydrogen-bond acceptors (Lipinski definition) is 4. The summed E-state index contributed by atoms with van der Waals surface area (Å²) in [5.74, 6) is 0.582. The molecule has 1 aromatic carbocycles. The number of piperazine rings is 1. The Labute approximate surface area is 145 Å². The molecule has 5 heteroatoms. The molecule has 0 aromatic heterocycles. The first-order valence-electron chi connectivity index (χ1n) is 9.20. The maximum Gasteiger partial charge on any atom is 0.254 e. The molecule has 3 rings (SSSR count). The average molecular weight is 330 g/mol. The number of benzene rings is 1. The van der Waals surface area contributed by atoms with Crippen molar-refractivity contribution in [3.8, 4) is 0 Å². The summed E-state index contributed by atoms with van der Waals surface area (Å²) in [4.78, 5) is 19.6. The molecule has 24 heavy (non-hydrogen) atoms. The van der Waals surface area contributed by atoms with Crippen molar-refractivity contribution in [3.05, 3.63) is 29.8 Å². The van der Waals surface area contributed by atoms with Crippen LogP contribution in [0.2, 0.25) is 0 Å². The molecule has 0 bridgehead atoms. The highest BCUT2D eigenvalue weighted by molar-refractivity contribution is 5.95. The number of amides is 1. The quantitative estimate of drug-likeness (QED) is 0.912. The second-order valence-corrected chi connectivity index (χ2v) is 7.11. The molecule has 5 nitrogen and oxygen atoms in total. The lowest BCUT2D eigenvalue weighted by Gasteiger charge is -2.35. The first kappa shape index (κ1) is 17.2. The van der Waals surface area contributed by atoms with Crippen molar-refractivity contribution < 1.29 is 4.79 Å². The van der Waals surface area contributed by atoms with Crippen LogP contribution in [0.3, 0.4) is 0 Å².